The largest absolute Gasteiger partial charge is 0.496 e. The topological polar surface area (TPSA) is 62.3 Å². The summed E-state index contributed by atoms with van der Waals surface area (Å²) in [6.45, 7) is 0. The average Bonchev–Trinajstić information content (AvgIpc) is 2.91. The van der Waals surface area contributed by atoms with E-state index in [1.807, 2.05) is 0 Å². The van der Waals surface area contributed by atoms with Crippen LogP contribution in [0.15, 0.2) is 36.4 Å². The van der Waals surface area contributed by atoms with Crippen LogP contribution in [0.5, 0.6) is 5.75 Å². The molecule has 0 saturated heterocycles. The quantitative estimate of drug-likeness (QED) is 0.661. The molecule has 0 atom stereocenters. The maximum atomic E-state index is 13.7. The molecule has 4 nitrogen and oxygen atoms in total. The summed E-state index contributed by atoms with van der Waals surface area (Å²) in [4.78, 5) is 13.9. The number of hydrogen-bond acceptors (Lipinski definition) is 2. The van der Waals surface area contributed by atoms with Crippen molar-refractivity contribution in [1.29, 1.82) is 0 Å². The molecule has 0 spiro atoms. The predicted molar refractivity (Wildman–Crippen MR) is 86.6 cm³/mol. The van der Waals surface area contributed by atoms with Crippen molar-refractivity contribution in [3.63, 3.8) is 0 Å². The summed E-state index contributed by atoms with van der Waals surface area (Å²) in [6.07, 6.45) is -5.16. The summed E-state index contributed by atoms with van der Waals surface area (Å²) >= 11 is 0. The van der Waals surface area contributed by atoms with E-state index in [0.717, 1.165) is 18.2 Å². The molecule has 0 fully saturated rings. The second-order valence-electron chi connectivity index (χ2n) is 5.62. The molecule has 0 bridgehead atoms. The third-order valence-electron chi connectivity index (χ3n) is 4.01. The van der Waals surface area contributed by atoms with Crippen LogP contribution in [-0.2, 0) is 17.4 Å². The highest BCUT2D eigenvalue weighted by Crippen LogP contribution is 2.41. The van der Waals surface area contributed by atoms with Crippen molar-refractivity contribution in [2.45, 2.75) is 12.6 Å². The molecule has 2 aromatic carbocycles. The number of aromatic amines is 1. The summed E-state index contributed by atoms with van der Waals surface area (Å²) in [5, 5.41) is 9.30. The number of benzene rings is 2. The van der Waals surface area contributed by atoms with E-state index in [-0.39, 0.29) is 33.5 Å². The highest BCUT2D eigenvalue weighted by molar-refractivity contribution is 5.96. The van der Waals surface area contributed by atoms with Crippen LogP contribution in [0.2, 0.25) is 0 Å². The first-order valence-electron chi connectivity index (χ1n) is 7.49. The van der Waals surface area contributed by atoms with Crippen LogP contribution >= 0.6 is 0 Å². The van der Waals surface area contributed by atoms with E-state index < -0.39 is 29.9 Å². The van der Waals surface area contributed by atoms with Crippen molar-refractivity contribution in [2.75, 3.05) is 7.11 Å². The minimum Gasteiger partial charge on any atom is -0.496 e. The fourth-order valence-corrected chi connectivity index (χ4v) is 2.95. The van der Waals surface area contributed by atoms with Crippen molar-refractivity contribution >= 4 is 16.9 Å². The zero-order chi connectivity index (χ0) is 19.1. The zero-order valence-corrected chi connectivity index (χ0v) is 13.4. The normalized spacial score (nSPS) is 11.7. The van der Waals surface area contributed by atoms with Gasteiger partial charge in [-0.2, -0.15) is 13.2 Å². The number of carboxylic acids is 1. The average molecular weight is 367 g/mol. The van der Waals surface area contributed by atoms with Crippen molar-refractivity contribution in [2.24, 2.45) is 0 Å². The molecule has 0 unspecified atom stereocenters. The molecule has 0 aliphatic heterocycles. The molecule has 8 heteroatoms. The molecule has 1 aromatic heterocycles. The number of rotatable bonds is 4. The van der Waals surface area contributed by atoms with Crippen molar-refractivity contribution < 1.29 is 32.2 Å². The second kappa shape index (κ2) is 6.36. The van der Waals surface area contributed by atoms with E-state index in [1.54, 1.807) is 0 Å². The second-order valence-corrected chi connectivity index (χ2v) is 5.62. The Labute approximate surface area is 145 Å². The van der Waals surface area contributed by atoms with E-state index in [0.29, 0.717) is 0 Å². The lowest BCUT2D eigenvalue weighted by molar-refractivity contribution is -0.137. The van der Waals surface area contributed by atoms with E-state index in [4.69, 9.17) is 4.74 Å². The standard InChI is InChI=1S/C18H13F4NO3/c1-26-14-6-5-9(19)7-12(14)16-11(8-15(24)25)10-3-2-4-13(17(10)23-16)18(20,21)22/h2-7,23H,8H2,1H3,(H,24,25). The summed E-state index contributed by atoms with van der Waals surface area (Å²) in [7, 11) is 1.33. The number of nitrogens with one attached hydrogen (secondary N) is 1. The van der Waals surface area contributed by atoms with Crippen molar-refractivity contribution in [3.8, 4) is 17.0 Å². The Kier molecular flexibility index (Phi) is 4.35. The number of fused-ring (bicyclic) bond motifs is 1. The monoisotopic (exact) mass is 367 g/mol. The van der Waals surface area contributed by atoms with Gasteiger partial charge in [0.15, 0.2) is 0 Å². The number of aromatic nitrogens is 1. The number of aliphatic carboxylic acids is 1. The molecule has 0 amide bonds. The van der Waals surface area contributed by atoms with E-state index in [9.17, 15) is 27.5 Å². The van der Waals surface area contributed by atoms with Crippen molar-refractivity contribution in [3.05, 3.63) is 53.3 Å². The van der Waals surface area contributed by atoms with Crippen LogP contribution in [0.3, 0.4) is 0 Å². The SMILES string of the molecule is COc1ccc(F)cc1-c1[nH]c2c(C(F)(F)F)cccc2c1CC(=O)O. The molecule has 2 N–H and O–H groups in total. The van der Waals surface area contributed by atoms with Crippen LogP contribution in [0.4, 0.5) is 17.6 Å². The Balaban J connectivity index is 2.38. The molecule has 3 rings (SSSR count). The Morgan fingerprint density at radius 3 is 2.58 bits per heavy atom. The van der Waals surface area contributed by atoms with Gasteiger partial charge in [0.2, 0.25) is 0 Å². The summed E-state index contributed by atoms with van der Waals surface area (Å²) in [5.74, 6) is -1.64. The van der Waals surface area contributed by atoms with E-state index in [1.165, 1.54) is 25.3 Å². The van der Waals surface area contributed by atoms with Crippen LogP contribution in [-0.4, -0.2) is 23.2 Å². The minimum absolute atomic E-state index is 0.0791. The van der Waals surface area contributed by atoms with Crippen molar-refractivity contribution in [1.82, 2.24) is 4.98 Å². The van der Waals surface area contributed by atoms with Gasteiger partial charge in [-0.15, -0.1) is 0 Å². The van der Waals surface area contributed by atoms with Gasteiger partial charge in [-0.3, -0.25) is 4.79 Å². The number of ether oxygens (including phenoxy) is 1. The third kappa shape index (κ3) is 3.10. The number of methoxy groups -OCH3 is 1. The summed E-state index contributed by atoms with van der Waals surface area (Å²) < 4.78 is 58.8. The lowest BCUT2D eigenvalue weighted by Crippen LogP contribution is -2.05. The maximum absolute atomic E-state index is 13.7. The fourth-order valence-electron chi connectivity index (χ4n) is 2.95. The van der Waals surface area contributed by atoms with Gasteiger partial charge in [-0.25, -0.2) is 4.39 Å². The number of H-pyrrole nitrogens is 1. The minimum atomic E-state index is -4.63. The third-order valence-corrected chi connectivity index (χ3v) is 4.01. The zero-order valence-electron chi connectivity index (χ0n) is 13.4. The van der Waals surface area contributed by atoms with Gasteiger partial charge in [-0.1, -0.05) is 12.1 Å². The molecule has 0 radical (unpaired) electrons. The number of carboxylic acid groups (broad SMARTS) is 1. The number of alkyl halides is 3. The van der Waals surface area contributed by atoms with Crippen LogP contribution in [0.25, 0.3) is 22.2 Å². The number of halogens is 4. The fraction of sp³-hybridized carbons (Fsp3) is 0.167. The number of carbonyl (C=O) groups is 1. The lowest BCUT2D eigenvalue weighted by Gasteiger charge is -2.09. The highest BCUT2D eigenvalue weighted by Gasteiger charge is 2.34. The summed E-state index contributed by atoms with van der Waals surface area (Å²) in [5.41, 5.74) is -0.827. The molecule has 1 heterocycles. The van der Waals surface area contributed by atoms with Gasteiger partial charge in [0.25, 0.3) is 0 Å². The first-order chi connectivity index (χ1) is 12.2. The molecule has 26 heavy (non-hydrogen) atoms. The molecule has 136 valence electrons. The lowest BCUT2D eigenvalue weighted by atomic mass is 10.0. The first kappa shape index (κ1) is 17.8. The smallest absolute Gasteiger partial charge is 0.418 e. The molecular weight excluding hydrogens is 354 g/mol. The molecule has 0 aliphatic rings. The Morgan fingerprint density at radius 1 is 1.23 bits per heavy atom. The Hall–Kier alpha value is -3.03. The van der Waals surface area contributed by atoms with Gasteiger partial charge >= 0.3 is 12.1 Å². The predicted octanol–water partition coefficient (Wildman–Crippen LogP) is 4.63. The Morgan fingerprint density at radius 2 is 1.96 bits per heavy atom. The summed E-state index contributed by atoms with van der Waals surface area (Å²) in [6, 6.07) is 7.05. The van der Waals surface area contributed by atoms with E-state index in [2.05, 4.69) is 4.98 Å². The highest BCUT2D eigenvalue weighted by atomic mass is 19.4. The van der Waals surface area contributed by atoms with Gasteiger partial charge in [-0.05, 0) is 29.8 Å². The van der Waals surface area contributed by atoms with Gasteiger partial charge in [0.1, 0.15) is 11.6 Å². The molecule has 0 aliphatic carbocycles. The first-order valence-corrected chi connectivity index (χ1v) is 7.49. The molecular formula is C18H13F4NO3. The van der Waals surface area contributed by atoms with Gasteiger partial charge < -0.3 is 14.8 Å². The van der Waals surface area contributed by atoms with Crippen LogP contribution in [0, 0.1) is 5.82 Å². The number of hydrogen-bond donors (Lipinski definition) is 2. The van der Waals surface area contributed by atoms with E-state index >= 15 is 0 Å². The Bertz CT molecular complexity index is 992. The van der Waals surface area contributed by atoms with Gasteiger partial charge in [0.05, 0.1) is 30.3 Å². The molecule has 0 saturated carbocycles. The van der Waals surface area contributed by atoms with Crippen LogP contribution in [0.1, 0.15) is 11.1 Å². The molecule has 3 aromatic rings. The van der Waals surface area contributed by atoms with Crippen LogP contribution < -0.4 is 4.74 Å². The number of para-hydroxylation sites is 1. The maximum Gasteiger partial charge on any atom is 0.418 e. The van der Waals surface area contributed by atoms with Gasteiger partial charge in [0, 0.05) is 10.9 Å².